The molecule has 0 aliphatic rings. The van der Waals surface area contributed by atoms with Gasteiger partial charge < -0.3 is 9.47 Å². The number of hydrogen-bond donors (Lipinski definition) is 0. The van der Waals surface area contributed by atoms with Gasteiger partial charge in [0.25, 0.3) is 0 Å². The van der Waals surface area contributed by atoms with E-state index in [4.69, 9.17) is 21.1 Å². The van der Waals surface area contributed by atoms with Crippen molar-refractivity contribution >= 4 is 17.9 Å². The zero-order valence-corrected chi connectivity index (χ0v) is 12.0. The van der Waals surface area contributed by atoms with E-state index in [0.717, 1.165) is 18.2 Å². The number of hydrogen-bond acceptors (Lipinski definition) is 3. The second-order valence-corrected chi connectivity index (χ2v) is 4.68. The van der Waals surface area contributed by atoms with E-state index in [1.165, 1.54) is 25.3 Å². The van der Waals surface area contributed by atoms with Crippen LogP contribution in [0.5, 0.6) is 17.2 Å². The fourth-order valence-corrected chi connectivity index (χ4v) is 1.94. The Labute approximate surface area is 129 Å². The third-order valence-electron chi connectivity index (χ3n) is 2.80. The van der Waals surface area contributed by atoms with Gasteiger partial charge in [0.1, 0.15) is 12.0 Å². The summed E-state index contributed by atoms with van der Waals surface area (Å²) in [4.78, 5) is 10.7. The van der Waals surface area contributed by atoms with Crippen molar-refractivity contribution in [1.82, 2.24) is 0 Å². The van der Waals surface area contributed by atoms with Crippen molar-refractivity contribution in [3.05, 3.63) is 52.5 Å². The van der Waals surface area contributed by atoms with Gasteiger partial charge in [-0.05, 0) is 36.4 Å². The second kappa shape index (κ2) is 6.27. The molecule has 2 aromatic carbocycles. The van der Waals surface area contributed by atoms with Crippen LogP contribution in [-0.2, 0) is 6.18 Å². The van der Waals surface area contributed by atoms with Gasteiger partial charge in [-0.1, -0.05) is 11.6 Å². The van der Waals surface area contributed by atoms with Crippen LogP contribution in [0, 0.1) is 0 Å². The molecule has 0 N–H and O–H groups in total. The summed E-state index contributed by atoms with van der Waals surface area (Å²) in [5.74, 6) is 0.544. The van der Waals surface area contributed by atoms with E-state index in [1.54, 1.807) is 0 Å². The van der Waals surface area contributed by atoms with Crippen LogP contribution < -0.4 is 9.47 Å². The molecule has 0 amide bonds. The zero-order valence-electron chi connectivity index (χ0n) is 11.3. The molecule has 22 heavy (non-hydrogen) atoms. The molecule has 2 rings (SSSR count). The van der Waals surface area contributed by atoms with Crippen LogP contribution in [0.25, 0.3) is 0 Å². The largest absolute Gasteiger partial charge is 0.493 e. The number of halogens is 4. The van der Waals surface area contributed by atoms with Gasteiger partial charge >= 0.3 is 6.18 Å². The Hall–Kier alpha value is -2.21. The molecule has 7 heteroatoms. The molecule has 0 heterocycles. The highest BCUT2D eigenvalue weighted by molar-refractivity contribution is 6.32. The maximum Gasteiger partial charge on any atom is 0.416 e. The minimum Gasteiger partial charge on any atom is -0.493 e. The molecule has 0 fully saturated rings. The van der Waals surface area contributed by atoms with E-state index in [0.29, 0.717) is 11.8 Å². The zero-order chi connectivity index (χ0) is 16.3. The maximum atomic E-state index is 12.6. The number of methoxy groups -OCH3 is 1. The Morgan fingerprint density at radius 2 is 1.73 bits per heavy atom. The number of ether oxygens (including phenoxy) is 2. The van der Waals surface area contributed by atoms with Crippen molar-refractivity contribution in [3.8, 4) is 17.2 Å². The molecule has 0 aliphatic heterocycles. The number of benzene rings is 2. The highest BCUT2D eigenvalue weighted by Crippen LogP contribution is 2.38. The van der Waals surface area contributed by atoms with Crippen molar-refractivity contribution in [1.29, 1.82) is 0 Å². The minimum atomic E-state index is -4.48. The predicted molar refractivity (Wildman–Crippen MR) is 74.9 cm³/mol. The summed E-state index contributed by atoms with van der Waals surface area (Å²) >= 11 is 5.82. The van der Waals surface area contributed by atoms with Gasteiger partial charge in [-0.15, -0.1) is 0 Å². The van der Waals surface area contributed by atoms with Crippen LogP contribution in [0.2, 0.25) is 5.02 Å². The van der Waals surface area contributed by atoms with Crippen LogP contribution >= 0.6 is 11.6 Å². The van der Waals surface area contributed by atoms with E-state index in [1.807, 2.05) is 0 Å². The fourth-order valence-electron chi connectivity index (χ4n) is 1.72. The monoisotopic (exact) mass is 330 g/mol. The summed E-state index contributed by atoms with van der Waals surface area (Å²) < 4.78 is 48.3. The molecule has 0 radical (unpaired) electrons. The Morgan fingerprint density at radius 1 is 1.05 bits per heavy atom. The SMILES string of the molecule is COc1cc(C=O)ccc1Oc1ccc(C(F)(F)F)cc1Cl. The van der Waals surface area contributed by atoms with Crippen molar-refractivity contribution in [2.45, 2.75) is 6.18 Å². The van der Waals surface area contributed by atoms with Crippen molar-refractivity contribution in [2.24, 2.45) is 0 Å². The van der Waals surface area contributed by atoms with E-state index in [-0.39, 0.29) is 22.3 Å². The van der Waals surface area contributed by atoms with Crippen molar-refractivity contribution < 1.29 is 27.4 Å². The summed E-state index contributed by atoms with van der Waals surface area (Å²) in [5.41, 5.74) is -0.490. The Morgan fingerprint density at radius 3 is 2.27 bits per heavy atom. The van der Waals surface area contributed by atoms with E-state index >= 15 is 0 Å². The lowest BCUT2D eigenvalue weighted by Gasteiger charge is -2.13. The number of carbonyl (C=O) groups excluding carboxylic acids is 1. The number of carbonyl (C=O) groups is 1. The molecular formula is C15H10ClF3O3. The summed E-state index contributed by atoms with van der Waals surface area (Å²) in [6.45, 7) is 0. The lowest BCUT2D eigenvalue weighted by atomic mass is 10.2. The molecule has 0 unspecified atom stereocenters. The van der Waals surface area contributed by atoms with Crippen LogP contribution in [0.1, 0.15) is 15.9 Å². The summed E-state index contributed by atoms with van der Waals surface area (Å²) in [7, 11) is 1.38. The van der Waals surface area contributed by atoms with Gasteiger partial charge in [-0.3, -0.25) is 4.79 Å². The molecule has 0 aliphatic carbocycles. The Kier molecular flexibility index (Phi) is 4.61. The predicted octanol–water partition coefficient (Wildman–Crippen LogP) is 4.97. The molecule has 0 saturated carbocycles. The highest BCUT2D eigenvalue weighted by atomic mass is 35.5. The summed E-state index contributed by atoms with van der Waals surface area (Å²) in [6, 6.07) is 7.18. The number of alkyl halides is 3. The van der Waals surface area contributed by atoms with Gasteiger partial charge in [-0.25, -0.2) is 0 Å². The Balaban J connectivity index is 2.33. The summed E-state index contributed by atoms with van der Waals surface area (Å²) in [6.07, 6.45) is -3.84. The van der Waals surface area contributed by atoms with Gasteiger partial charge in [-0.2, -0.15) is 13.2 Å². The average Bonchev–Trinajstić information content (AvgIpc) is 2.48. The Bertz CT molecular complexity index is 699. The normalized spacial score (nSPS) is 11.1. The lowest BCUT2D eigenvalue weighted by molar-refractivity contribution is -0.137. The quantitative estimate of drug-likeness (QED) is 0.742. The third-order valence-corrected chi connectivity index (χ3v) is 3.10. The first-order valence-corrected chi connectivity index (χ1v) is 6.40. The first-order valence-electron chi connectivity index (χ1n) is 6.03. The number of rotatable bonds is 4. The van der Waals surface area contributed by atoms with E-state index < -0.39 is 11.7 Å². The molecule has 0 saturated heterocycles. The lowest BCUT2D eigenvalue weighted by Crippen LogP contribution is -2.04. The molecule has 0 bridgehead atoms. The first kappa shape index (κ1) is 16.2. The topological polar surface area (TPSA) is 35.5 Å². The van der Waals surface area contributed by atoms with Crippen LogP contribution in [0.4, 0.5) is 13.2 Å². The van der Waals surface area contributed by atoms with Crippen molar-refractivity contribution in [3.63, 3.8) is 0 Å². The highest BCUT2D eigenvalue weighted by Gasteiger charge is 2.31. The first-order chi connectivity index (χ1) is 10.3. The van der Waals surface area contributed by atoms with Crippen LogP contribution in [0.3, 0.4) is 0 Å². The van der Waals surface area contributed by atoms with Crippen LogP contribution in [-0.4, -0.2) is 13.4 Å². The van der Waals surface area contributed by atoms with E-state index in [2.05, 4.69) is 0 Å². The van der Waals surface area contributed by atoms with E-state index in [9.17, 15) is 18.0 Å². The van der Waals surface area contributed by atoms with Crippen molar-refractivity contribution in [2.75, 3.05) is 7.11 Å². The molecule has 116 valence electrons. The van der Waals surface area contributed by atoms with Gasteiger partial charge in [0.05, 0.1) is 17.7 Å². The molecule has 0 atom stereocenters. The smallest absolute Gasteiger partial charge is 0.416 e. The van der Waals surface area contributed by atoms with Gasteiger partial charge in [0, 0.05) is 5.56 Å². The average molecular weight is 331 g/mol. The second-order valence-electron chi connectivity index (χ2n) is 4.27. The molecular weight excluding hydrogens is 321 g/mol. The third kappa shape index (κ3) is 3.51. The fraction of sp³-hybridized carbons (Fsp3) is 0.133. The molecule has 0 spiro atoms. The number of aldehydes is 1. The minimum absolute atomic E-state index is 0.0480. The summed E-state index contributed by atoms with van der Waals surface area (Å²) in [5, 5.41) is -0.184. The van der Waals surface area contributed by atoms with Gasteiger partial charge in [0.15, 0.2) is 11.5 Å². The molecule has 2 aromatic rings. The van der Waals surface area contributed by atoms with Crippen LogP contribution in [0.15, 0.2) is 36.4 Å². The molecule has 0 aromatic heterocycles. The maximum absolute atomic E-state index is 12.6. The van der Waals surface area contributed by atoms with Gasteiger partial charge in [0.2, 0.25) is 0 Å². The standard InChI is InChI=1S/C15H10ClF3O3/c1-21-14-6-9(8-20)2-4-13(14)22-12-5-3-10(7-11(12)16)15(17,18)19/h2-8H,1H3. The molecule has 3 nitrogen and oxygen atoms in total.